The molecule has 0 unspecified atom stereocenters. The van der Waals surface area contributed by atoms with E-state index in [9.17, 15) is 4.39 Å². The van der Waals surface area contributed by atoms with Crippen LogP contribution in [-0.2, 0) is 6.54 Å². The van der Waals surface area contributed by atoms with Gasteiger partial charge in [0, 0.05) is 51.2 Å². The lowest BCUT2D eigenvalue weighted by Crippen LogP contribution is -2.49. The molecule has 0 aliphatic carbocycles. The zero-order chi connectivity index (χ0) is 19.2. The Morgan fingerprint density at radius 1 is 1.32 bits per heavy atom. The van der Waals surface area contributed by atoms with Crippen molar-refractivity contribution in [3.05, 3.63) is 48.3 Å². The molecular weight excluding hydrogens is 470 g/mol. The molecule has 2 N–H and O–H groups in total. The third-order valence-electron chi connectivity index (χ3n) is 5.08. The molecule has 6 nitrogen and oxygen atoms in total. The van der Waals surface area contributed by atoms with Gasteiger partial charge in [-0.15, -0.1) is 24.0 Å². The molecule has 2 heterocycles. The average Bonchev–Trinajstić information content (AvgIpc) is 3.20. The van der Waals surface area contributed by atoms with Crippen LogP contribution in [0.5, 0.6) is 0 Å². The standard InChI is InChI=1S/C20H29FN6.HI/c1-15(2)26-9-6-17(7-10-26)25-20(22-3)24-13-16-4-5-19(18(21)12-16)27-11-8-23-14-27;/h4-5,8,11-12,14-15,17H,6-7,9-10,13H2,1-3H3,(H2,22,24,25);1H. The van der Waals surface area contributed by atoms with Gasteiger partial charge in [-0.25, -0.2) is 9.37 Å². The number of benzene rings is 1. The Morgan fingerprint density at radius 3 is 2.64 bits per heavy atom. The highest BCUT2D eigenvalue weighted by atomic mass is 127. The Bertz CT molecular complexity index is 754. The third-order valence-corrected chi connectivity index (χ3v) is 5.08. The number of piperidine rings is 1. The molecule has 8 heteroatoms. The molecule has 1 aliphatic heterocycles. The summed E-state index contributed by atoms with van der Waals surface area (Å²) in [6.07, 6.45) is 7.16. The second-order valence-electron chi connectivity index (χ2n) is 7.23. The summed E-state index contributed by atoms with van der Waals surface area (Å²) in [5, 5.41) is 6.78. The number of rotatable bonds is 5. The lowest BCUT2D eigenvalue weighted by Gasteiger charge is -2.35. The van der Waals surface area contributed by atoms with E-state index in [2.05, 4.69) is 39.4 Å². The lowest BCUT2D eigenvalue weighted by atomic mass is 10.0. The van der Waals surface area contributed by atoms with Crippen LogP contribution in [0.15, 0.2) is 41.9 Å². The summed E-state index contributed by atoms with van der Waals surface area (Å²) >= 11 is 0. The molecule has 1 fully saturated rings. The molecule has 2 aromatic rings. The Labute approximate surface area is 183 Å². The molecule has 154 valence electrons. The van der Waals surface area contributed by atoms with Gasteiger partial charge >= 0.3 is 0 Å². The van der Waals surface area contributed by atoms with Crippen molar-refractivity contribution in [3.63, 3.8) is 0 Å². The van der Waals surface area contributed by atoms with Crippen molar-refractivity contribution in [3.8, 4) is 5.69 Å². The normalized spacial score (nSPS) is 16.1. The Kier molecular flexibility index (Phi) is 8.68. The zero-order valence-electron chi connectivity index (χ0n) is 16.7. The van der Waals surface area contributed by atoms with E-state index >= 15 is 0 Å². The van der Waals surface area contributed by atoms with Gasteiger partial charge in [0.1, 0.15) is 5.82 Å². The first-order chi connectivity index (χ1) is 13.1. The number of aromatic nitrogens is 2. The molecule has 0 amide bonds. The van der Waals surface area contributed by atoms with Gasteiger partial charge in [-0.1, -0.05) is 6.07 Å². The summed E-state index contributed by atoms with van der Waals surface area (Å²) in [5.74, 6) is 0.494. The number of imidazole rings is 1. The van der Waals surface area contributed by atoms with Gasteiger partial charge in [-0.3, -0.25) is 4.99 Å². The molecule has 28 heavy (non-hydrogen) atoms. The van der Waals surface area contributed by atoms with E-state index in [0.717, 1.165) is 37.5 Å². The quantitative estimate of drug-likeness (QED) is 0.377. The van der Waals surface area contributed by atoms with Gasteiger partial charge in [0.2, 0.25) is 0 Å². The topological polar surface area (TPSA) is 57.5 Å². The van der Waals surface area contributed by atoms with Crippen molar-refractivity contribution in [2.24, 2.45) is 4.99 Å². The average molecular weight is 500 g/mol. The van der Waals surface area contributed by atoms with E-state index in [1.54, 1.807) is 42.5 Å². The predicted molar refractivity (Wildman–Crippen MR) is 122 cm³/mol. The Hall–Kier alpha value is -1.68. The Morgan fingerprint density at radius 2 is 2.07 bits per heavy atom. The number of nitrogens with zero attached hydrogens (tertiary/aromatic N) is 4. The second kappa shape index (κ2) is 10.8. The van der Waals surface area contributed by atoms with Crippen LogP contribution in [0.4, 0.5) is 4.39 Å². The summed E-state index contributed by atoms with van der Waals surface area (Å²) in [4.78, 5) is 10.8. The van der Waals surface area contributed by atoms with Gasteiger partial charge in [0.15, 0.2) is 5.96 Å². The molecule has 0 spiro atoms. The minimum absolute atomic E-state index is 0. The summed E-state index contributed by atoms with van der Waals surface area (Å²) < 4.78 is 16.0. The van der Waals surface area contributed by atoms with Crippen molar-refractivity contribution < 1.29 is 4.39 Å². The number of hydrogen-bond acceptors (Lipinski definition) is 3. The van der Waals surface area contributed by atoms with E-state index in [-0.39, 0.29) is 29.8 Å². The first-order valence-corrected chi connectivity index (χ1v) is 9.55. The maximum absolute atomic E-state index is 14.4. The fourth-order valence-electron chi connectivity index (χ4n) is 3.41. The Balaban J connectivity index is 0.00000280. The van der Waals surface area contributed by atoms with Crippen LogP contribution in [0.25, 0.3) is 5.69 Å². The second-order valence-corrected chi connectivity index (χ2v) is 7.23. The number of aliphatic imine (C=N–C) groups is 1. The van der Waals surface area contributed by atoms with Gasteiger partial charge in [0.05, 0.1) is 12.0 Å². The van der Waals surface area contributed by atoms with Crippen LogP contribution in [0.2, 0.25) is 0 Å². The molecule has 0 saturated carbocycles. The molecule has 1 aromatic carbocycles. The third kappa shape index (κ3) is 5.91. The van der Waals surface area contributed by atoms with E-state index in [4.69, 9.17) is 0 Å². The molecule has 3 rings (SSSR count). The monoisotopic (exact) mass is 500 g/mol. The fourth-order valence-corrected chi connectivity index (χ4v) is 3.41. The molecule has 1 aliphatic rings. The molecular formula is C20H30FIN6. The summed E-state index contributed by atoms with van der Waals surface area (Å²) in [5.41, 5.74) is 1.37. The first kappa shape index (κ1) is 22.6. The van der Waals surface area contributed by atoms with E-state index in [0.29, 0.717) is 24.3 Å². The maximum atomic E-state index is 14.4. The predicted octanol–water partition coefficient (Wildman–Crippen LogP) is 3.17. The number of hydrogen-bond donors (Lipinski definition) is 2. The lowest BCUT2D eigenvalue weighted by molar-refractivity contribution is 0.167. The van der Waals surface area contributed by atoms with Crippen molar-refractivity contribution in [2.75, 3.05) is 20.1 Å². The van der Waals surface area contributed by atoms with Crippen LogP contribution in [0.3, 0.4) is 0 Å². The van der Waals surface area contributed by atoms with Crippen molar-refractivity contribution in [2.45, 2.75) is 45.3 Å². The van der Waals surface area contributed by atoms with Crippen molar-refractivity contribution in [1.29, 1.82) is 0 Å². The SMILES string of the molecule is CN=C(NCc1ccc(-n2ccnc2)c(F)c1)NC1CCN(C(C)C)CC1.I. The van der Waals surface area contributed by atoms with Crippen LogP contribution in [-0.4, -0.2) is 52.6 Å². The van der Waals surface area contributed by atoms with Crippen LogP contribution in [0, 0.1) is 5.82 Å². The highest BCUT2D eigenvalue weighted by Gasteiger charge is 2.21. The first-order valence-electron chi connectivity index (χ1n) is 9.55. The van der Waals surface area contributed by atoms with E-state index in [1.165, 1.54) is 0 Å². The molecule has 0 radical (unpaired) electrons. The van der Waals surface area contributed by atoms with Crippen LogP contribution < -0.4 is 10.6 Å². The van der Waals surface area contributed by atoms with Gasteiger partial charge in [-0.2, -0.15) is 0 Å². The number of guanidine groups is 1. The maximum Gasteiger partial charge on any atom is 0.191 e. The smallest absolute Gasteiger partial charge is 0.191 e. The van der Waals surface area contributed by atoms with E-state index in [1.807, 2.05) is 6.07 Å². The number of nitrogens with one attached hydrogen (secondary N) is 2. The molecule has 0 bridgehead atoms. The number of halogens is 2. The van der Waals surface area contributed by atoms with Crippen molar-refractivity contribution >= 4 is 29.9 Å². The fraction of sp³-hybridized carbons (Fsp3) is 0.500. The summed E-state index contributed by atoms with van der Waals surface area (Å²) in [6, 6.07) is 6.26. The highest BCUT2D eigenvalue weighted by Crippen LogP contribution is 2.15. The number of likely N-dealkylation sites (tertiary alicyclic amines) is 1. The van der Waals surface area contributed by atoms with Gasteiger partial charge in [-0.05, 0) is 44.4 Å². The summed E-state index contributed by atoms with van der Waals surface area (Å²) in [7, 11) is 1.77. The van der Waals surface area contributed by atoms with Gasteiger partial charge < -0.3 is 20.1 Å². The molecule has 0 atom stereocenters. The van der Waals surface area contributed by atoms with E-state index < -0.39 is 0 Å². The largest absolute Gasteiger partial charge is 0.354 e. The van der Waals surface area contributed by atoms with Crippen molar-refractivity contribution in [1.82, 2.24) is 25.1 Å². The van der Waals surface area contributed by atoms with Gasteiger partial charge in [0.25, 0.3) is 0 Å². The van der Waals surface area contributed by atoms with Crippen LogP contribution in [0.1, 0.15) is 32.3 Å². The minimum atomic E-state index is -0.267. The van der Waals surface area contributed by atoms with Crippen LogP contribution >= 0.6 is 24.0 Å². The highest BCUT2D eigenvalue weighted by molar-refractivity contribution is 14.0. The molecule has 1 aromatic heterocycles. The minimum Gasteiger partial charge on any atom is -0.354 e. The molecule has 1 saturated heterocycles. The summed E-state index contributed by atoms with van der Waals surface area (Å²) in [6.45, 7) is 7.21. The zero-order valence-corrected chi connectivity index (χ0v) is 19.1.